The van der Waals surface area contributed by atoms with E-state index in [0.29, 0.717) is 25.9 Å². The van der Waals surface area contributed by atoms with E-state index >= 15 is 0 Å². The average Bonchev–Trinajstić information content (AvgIpc) is 2.89. The summed E-state index contributed by atoms with van der Waals surface area (Å²) >= 11 is 0. The summed E-state index contributed by atoms with van der Waals surface area (Å²) in [6.45, 7) is 2.54. The number of rotatable bonds is 13. The van der Waals surface area contributed by atoms with Gasteiger partial charge in [-0.3, -0.25) is 14.4 Å². The Morgan fingerprint density at radius 3 is 2.83 bits per heavy atom. The number of aliphatic hydroxyl groups excluding tert-OH is 1. The van der Waals surface area contributed by atoms with E-state index in [0.717, 1.165) is 38.5 Å². The van der Waals surface area contributed by atoms with Gasteiger partial charge in [0.1, 0.15) is 0 Å². The van der Waals surface area contributed by atoms with Gasteiger partial charge in [0, 0.05) is 12.8 Å². The van der Waals surface area contributed by atoms with E-state index in [1.165, 1.54) is 5.06 Å². The Hall–Kier alpha value is -1.40. The van der Waals surface area contributed by atoms with Gasteiger partial charge in [0.05, 0.1) is 18.8 Å². The Bertz CT molecular complexity index is 410. The summed E-state index contributed by atoms with van der Waals surface area (Å²) in [6, 6.07) is -0.114. The molecule has 0 bridgehead atoms. The number of carboxylic acid groups (broad SMARTS) is 1. The van der Waals surface area contributed by atoms with Gasteiger partial charge >= 0.3 is 5.97 Å². The number of nitrogens with zero attached hydrogens (tertiary/aromatic N) is 1. The van der Waals surface area contributed by atoms with Crippen molar-refractivity contribution in [2.45, 2.75) is 83.3 Å². The van der Waals surface area contributed by atoms with Gasteiger partial charge < -0.3 is 10.2 Å². The van der Waals surface area contributed by atoms with Gasteiger partial charge in [-0.05, 0) is 25.7 Å². The molecule has 6 nitrogen and oxygen atoms in total. The molecule has 0 aromatic carbocycles. The second-order valence-electron chi connectivity index (χ2n) is 6.31. The molecule has 1 aliphatic rings. The maximum Gasteiger partial charge on any atom is 0.303 e. The first-order chi connectivity index (χ1) is 11.5. The van der Waals surface area contributed by atoms with Crippen LogP contribution in [0.15, 0.2) is 12.2 Å². The molecule has 6 heteroatoms. The lowest BCUT2D eigenvalue weighted by Crippen LogP contribution is -2.32. The second-order valence-corrected chi connectivity index (χ2v) is 6.31. The highest BCUT2D eigenvalue weighted by atomic mass is 16.7. The van der Waals surface area contributed by atoms with Crippen molar-refractivity contribution >= 4 is 11.9 Å². The normalized spacial score (nSPS) is 19.3. The first-order valence-corrected chi connectivity index (χ1v) is 9.07. The second kappa shape index (κ2) is 12.0. The summed E-state index contributed by atoms with van der Waals surface area (Å²) in [5.74, 6) is -0.816. The maximum atomic E-state index is 11.9. The Balaban J connectivity index is 2.28. The fraction of sp³-hybridized carbons (Fsp3) is 0.778. The zero-order chi connectivity index (χ0) is 17.8. The summed E-state index contributed by atoms with van der Waals surface area (Å²) in [5, 5.41) is 19.9. The zero-order valence-electron chi connectivity index (χ0n) is 14.7. The lowest BCUT2D eigenvalue weighted by molar-refractivity contribution is -0.185. The lowest BCUT2D eigenvalue weighted by Gasteiger charge is -2.21. The first-order valence-electron chi connectivity index (χ1n) is 9.07. The molecule has 1 rings (SSSR count). The van der Waals surface area contributed by atoms with Crippen molar-refractivity contribution in [3.05, 3.63) is 12.2 Å². The van der Waals surface area contributed by atoms with Crippen LogP contribution in [0.1, 0.15) is 71.1 Å². The number of aliphatic hydroxyl groups is 1. The molecule has 1 aliphatic heterocycles. The number of aliphatic carboxylic acids is 1. The first kappa shape index (κ1) is 20.6. The lowest BCUT2D eigenvalue weighted by atomic mass is 10.1. The van der Waals surface area contributed by atoms with E-state index < -0.39 is 12.1 Å². The molecule has 1 amide bonds. The molecular formula is C18H31NO5. The van der Waals surface area contributed by atoms with Gasteiger partial charge in [-0.15, -0.1) is 0 Å². The molecular weight excluding hydrogens is 310 g/mol. The standard InChI is InChI=1S/C18H31NO5/c1-2-3-5-8-16(20)12-10-15-11-13-17(21)19(15)24-14-7-4-6-9-18(22)23/h10,12,15-16,20H,2-9,11,13-14H2,1H3,(H,22,23)/b12-10+. The van der Waals surface area contributed by atoms with E-state index in [1.807, 2.05) is 6.08 Å². The smallest absolute Gasteiger partial charge is 0.303 e. The van der Waals surface area contributed by atoms with Crippen molar-refractivity contribution in [1.82, 2.24) is 5.06 Å². The number of hydrogen-bond acceptors (Lipinski definition) is 4. The predicted molar refractivity (Wildman–Crippen MR) is 91.2 cm³/mol. The quantitative estimate of drug-likeness (QED) is 0.397. The minimum atomic E-state index is -0.784. The van der Waals surface area contributed by atoms with E-state index in [9.17, 15) is 14.7 Å². The van der Waals surface area contributed by atoms with E-state index in [4.69, 9.17) is 9.94 Å². The largest absolute Gasteiger partial charge is 0.481 e. The number of carbonyl (C=O) groups is 2. The summed E-state index contributed by atoms with van der Waals surface area (Å²) in [4.78, 5) is 27.9. The third-order valence-electron chi connectivity index (χ3n) is 4.13. The molecule has 0 aliphatic carbocycles. The van der Waals surface area contributed by atoms with Crippen molar-refractivity contribution in [2.75, 3.05) is 6.61 Å². The third kappa shape index (κ3) is 8.45. The van der Waals surface area contributed by atoms with E-state index in [1.54, 1.807) is 6.08 Å². The highest BCUT2D eigenvalue weighted by Gasteiger charge is 2.30. The molecule has 138 valence electrons. The van der Waals surface area contributed by atoms with Gasteiger partial charge in [-0.25, -0.2) is 5.06 Å². The number of unbranched alkanes of at least 4 members (excludes halogenated alkanes) is 4. The van der Waals surface area contributed by atoms with Crippen LogP contribution >= 0.6 is 0 Å². The highest BCUT2D eigenvalue weighted by molar-refractivity contribution is 5.78. The van der Waals surface area contributed by atoms with Crippen molar-refractivity contribution in [3.63, 3.8) is 0 Å². The van der Waals surface area contributed by atoms with Crippen LogP contribution in [-0.4, -0.2) is 45.9 Å². The van der Waals surface area contributed by atoms with Gasteiger partial charge in [-0.2, -0.15) is 0 Å². The summed E-state index contributed by atoms with van der Waals surface area (Å²) in [6.07, 6.45) is 10.6. The number of amides is 1. The number of hydrogen-bond donors (Lipinski definition) is 2. The van der Waals surface area contributed by atoms with E-state index in [-0.39, 0.29) is 18.4 Å². The summed E-state index contributed by atoms with van der Waals surface area (Å²) in [7, 11) is 0. The molecule has 0 spiro atoms. The van der Waals surface area contributed by atoms with Crippen molar-refractivity contribution in [2.24, 2.45) is 0 Å². The molecule has 2 atom stereocenters. The van der Waals surface area contributed by atoms with Crippen LogP contribution in [0.25, 0.3) is 0 Å². The maximum absolute atomic E-state index is 11.9. The number of carbonyl (C=O) groups excluding carboxylic acids is 1. The van der Waals surface area contributed by atoms with Crippen LogP contribution in [0.5, 0.6) is 0 Å². The van der Waals surface area contributed by atoms with Crippen molar-refractivity contribution < 1.29 is 24.6 Å². The SMILES string of the molecule is CCCCCC(O)/C=C/C1CCC(=O)N1OCCCCCC(=O)O. The van der Waals surface area contributed by atoms with Crippen molar-refractivity contribution in [3.8, 4) is 0 Å². The van der Waals surface area contributed by atoms with Crippen LogP contribution in [-0.2, 0) is 14.4 Å². The average molecular weight is 341 g/mol. The fourth-order valence-electron chi connectivity index (χ4n) is 2.70. The van der Waals surface area contributed by atoms with Gasteiger partial charge in [0.25, 0.3) is 0 Å². The number of carboxylic acids is 1. The minimum absolute atomic E-state index is 0.0318. The van der Waals surface area contributed by atoms with Crippen LogP contribution in [0.3, 0.4) is 0 Å². The Morgan fingerprint density at radius 1 is 1.33 bits per heavy atom. The summed E-state index contributed by atoms with van der Waals surface area (Å²) in [5.41, 5.74) is 0. The Labute approximate surface area is 144 Å². The molecule has 0 saturated carbocycles. The topological polar surface area (TPSA) is 87.1 Å². The molecule has 2 unspecified atom stereocenters. The Kier molecular flexibility index (Phi) is 10.4. The molecule has 1 heterocycles. The number of hydroxylamine groups is 2. The monoisotopic (exact) mass is 341 g/mol. The molecule has 0 aromatic rings. The van der Waals surface area contributed by atoms with Crippen LogP contribution in [0, 0.1) is 0 Å². The molecule has 24 heavy (non-hydrogen) atoms. The predicted octanol–water partition coefficient (Wildman–Crippen LogP) is 3.05. The van der Waals surface area contributed by atoms with Gasteiger partial charge in [0.2, 0.25) is 5.91 Å². The van der Waals surface area contributed by atoms with Crippen molar-refractivity contribution in [1.29, 1.82) is 0 Å². The molecule has 1 fully saturated rings. The fourth-order valence-corrected chi connectivity index (χ4v) is 2.70. The van der Waals surface area contributed by atoms with Gasteiger partial charge in [-0.1, -0.05) is 44.8 Å². The molecule has 0 radical (unpaired) electrons. The van der Waals surface area contributed by atoms with Crippen LogP contribution in [0.2, 0.25) is 0 Å². The van der Waals surface area contributed by atoms with Crippen LogP contribution in [0.4, 0.5) is 0 Å². The Morgan fingerprint density at radius 2 is 2.12 bits per heavy atom. The molecule has 1 saturated heterocycles. The molecule has 0 aromatic heterocycles. The highest BCUT2D eigenvalue weighted by Crippen LogP contribution is 2.21. The van der Waals surface area contributed by atoms with Gasteiger partial charge in [0.15, 0.2) is 0 Å². The van der Waals surface area contributed by atoms with Crippen LogP contribution < -0.4 is 0 Å². The third-order valence-corrected chi connectivity index (χ3v) is 4.13. The summed E-state index contributed by atoms with van der Waals surface area (Å²) < 4.78 is 0. The van der Waals surface area contributed by atoms with E-state index in [2.05, 4.69) is 6.92 Å². The minimum Gasteiger partial charge on any atom is -0.481 e. The zero-order valence-corrected chi connectivity index (χ0v) is 14.7. The molecule has 2 N–H and O–H groups in total.